The Morgan fingerprint density at radius 2 is 1.39 bits per heavy atom. The third-order valence-corrected chi connectivity index (χ3v) is 10.1. The molecule has 31 heavy (non-hydrogen) atoms. The van der Waals surface area contributed by atoms with E-state index in [0.29, 0.717) is 12.8 Å². The fraction of sp³-hybridized carbons (Fsp3) is 0.462. The van der Waals surface area contributed by atoms with E-state index in [1.807, 2.05) is 27.7 Å². The van der Waals surface area contributed by atoms with E-state index >= 15 is 0 Å². The van der Waals surface area contributed by atoms with Gasteiger partial charge >= 0.3 is 0 Å². The minimum atomic E-state index is -1.40. The maximum Gasteiger partial charge on any atom is 0.172 e. The Balaban J connectivity index is 2.39. The van der Waals surface area contributed by atoms with Crippen molar-refractivity contribution < 1.29 is 9.66 Å². The van der Waals surface area contributed by atoms with E-state index in [1.54, 1.807) is 23.5 Å². The zero-order chi connectivity index (χ0) is 23.2. The first-order valence-electron chi connectivity index (χ1n) is 10.6. The van der Waals surface area contributed by atoms with Crippen LogP contribution in [0, 0.1) is 26.2 Å². The molecular formula is C26H34O2S3. The van der Waals surface area contributed by atoms with Gasteiger partial charge in [0.25, 0.3) is 0 Å². The molecule has 2 nitrogen and oxygen atoms in total. The Morgan fingerprint density at radius 1 is 0.968 bits per heavy atom. The van der Waals surface area contributed by atoms with Gasteiger partial charge in [0, 0.05) is 16.2 Å². The van der Waals surface area contributed by atoms with Gasteiger partial charge in [0.1, 0.15) is 4.75 Å². The lowest BCUT2D eigenvalue weighted by molar-refractivity contribution is 0.0893. The fourth-order valence-electron chi connectivity index (χ4n) is 3.14. The van der Waals surface area contributed by atoms with Gasteiger partial charge in [-0.1, -0.05) is 48.2 Å². The summed E-state index contributed by atoms with van der Waals surface area (Å²) in [7, 11) is 0. The molecule has 0 aliphatic carbocycles. The predicted octanol–water partition coefficient (Wildman–Crippen LogP) is 6.59. The Morgan fingerprint density at radius 3 is 1.71 bits per heavy atom. The van der Waals surface area contributed by atoms with Crippen molar-refractivity contribution in [3.05, 3.63) is 59.7 Å². The number of terminal acetylenes is 1. The van der Waals surface area contributed by atoms with Crippen LogP contribution in [-0.2, 0) is 11.2 Å². The predicted molar refractivity (Wildman–Crippen MR) is 138 cm³/mol. The van der Waals surface area contributed by atoms with Crippen LogP contribution in [0.5, 0.6) is 0 Å². The molecule has 2 rings (SSSR count). The van der Waals surface area contributed by atoms with E-state index in [-0.39, 0.29) is 4.58 Å². The van der Waals surface area contributed by atoms with Crippen LogP contribution in [0.25, 0.3) is 0 Å². The van der Waals surface area contributed by atoms with Gasteiger partial charge in [0.15, 0.2) is 10.9 Å². The Bertz CT molecular complexity index is 818. The number of thioether (sulfide) groups is 2. The molecule has 0 saturated heterocycles. The van der Waals surface area contributed by atoms with E-state index in [4.69, 9.17) is 6.42 Å². The van der Waals surface area contributed by atoms with Crippen molar-refractivity contribution in [2.24, 2.45) is 0 Å². The fourth-order valence-corrected chi connectivity index (χ4v) is 7.82. The third-order valence-electron chi connectivity index (χ3n) is 5.17. The van der Waals surface area contributed by atoms with Crippen LogP contribution < -0.4 is 0 Å². The molecule has 5 heteroatoms. The van der Waals surface area contributed by atoms with Crippen LogP contribution in [0.15, 0.2) is 58.3 Å². The lowest BCUT2D eigenvalue weighted by Gasteiger charge is -2.39. The average molecular weight is 475 g/mol. The SMILES string of the molecule is C#C[C@@](O)(CC)C(CC(Sc1ccc(C)cc1)Sc1ccc(C)cc1)[S@+]([O-])C(C)(C)C. The maximum atomic E-state index is 13.5. The van der Waals surface area contributed by atoms with Gasteiger partial charge in [-0.25, -0.2) is 0 Å². The van der Waals surface area contributed by atoms with Crippen LogP contribution in [0.1, 0.15) is 51.7 Å². The van der Waals surface area contributed by atoms with Crippen LogP contribution in [0.4, 0.5) is 0 Å². The molecule has 0 aromatic heterocycles. The molecule has 0 saturated carbocycles. The van der Waals surface area contributed by atoms with Crippen molar-refractivity contribution in [1.82, 2.24) is 0 Å². The Labute approximate surface area is 200 Å². The van der Waals surface area contributed by atoms with Crippen LogP contribution in [0.2, 0.25) is 0 Å². The van der Waals surface area contributed by atoms with Crippen molar-refractivity contribution in [3.63, 3.8) is 0 Å². The van der Waals surface area contributed by atoms with E-state index < -0.39 is 26.8 Å². The van der Waals surface area contributed by atoms with Crippen LogP contribution >= 0.6 is 23.5 Å². The molecule has 2 aromatic rings. The van der Waals surface area contributed by atoms with E-state index in [9.17, 15) is 9.66 Å². The zero-order valence-corrected chi connectivity index (χ0v) is 21.8. The van der Waals surface area contributed by atoms with Gasteiger partial charge in [-0.2, -0.15) is 0 Å². The standard InChI is InChI=1S/C26H34O2S3/c1-8-26(27,9-2)23(31(28)25(5,6)7)18-24(29-21-14-10-19(3)11-15-21)30-22-16-12-20(4)13-17-22/h1,10-17,23-24,27H,9,18H2,2-7H3/t23?,26-,31+/m1/s1. The number of aliphatic hydroxyl groups is 1. The number of hydrogen-bond donors (Lipinski definition) is 1. The first kappa shape index (κ1) is 26.2. The molecule has 0 aliphatic heterocycles. The minimum absolute atomic E-state index is 0.0492. The van der Waals surface area contributed by atoms with E-state index in [2.05, 4.69) is 68.3 Å². The van der Waals surface area contributed by atoms with E-state index in [0.717, 1.165) is 9.79 Å². The van der Waals surface area contributed by atoms with Gasteiger partial charge in [-0.15, -0.1) is 29.9 Å². The molecule has 1 unspecified atom stereocenters. The van der Waals surface area contributed by atoms with Crippen LogP contribution in [0.3, 0.4) is 0 Å². The highest BCUT2D eigenvalue weighted by molar-refractivity contribution is 8.17. The topological polar surface area (TPSA) is 43.3 Å². The molecule has 0 radical (unpaired) electrons. The lowest BCUT2D eigenvalue weighted by atomic mass is 9.95. The summed E-state index contributed by atoms with van der Waals surface area (Å²) in [5, 5.41) is 10.7. The second kappa shape index (κ2) is 11.2. The van der Waals surface area contributed by atoms with Crippen LogP contribution in [-0.4, -0.2) is 29.8 Å². The first-order chi connectivity index (χ1) is 14.5. The molecule has 0 bridgehead atoms. The van der Waals surface area contributed by atoms with Gasteiger partial charge in [0.05, 0.1) is 4.58 Å². The maximum absolute atomic E-state index is 13.5. The summed E-state index contributed by atoms with van der Waals surface area (Å²) in [5.41, 5.74) is 1.02. The lowest BCUT2D eigenvalue weighted by Crippen LogP contribution is -2.52. The highest BCUT2D eigenvalue weighted by atomic mass is 32.2. The summed E-state index contributed by atoms with van der Waals surface area (Å²) < 4.78 is 13.1. The van der Waals surface area contributed by atoms with Crippen molar-refractivity contribution in [2.45, 2.75) is 84.4 Å². The Kier molecular flexibility index (Phi) is 9.48. The van der Waals surface area contributed by atoms with Gasteiger partial charge in [0.2, 0.25) is 0 Å². The molecule has 0 amide bonds. The zero-order valence-electron chi connectivity index (χ0n) is 19.3. The summed E-state index contributed by atoms with van der Waals surface area (Å²) in [5.74, 6) is 2.57. The molecule has 0 fully saturated rings. The quantitative estimate of drug-likeness (QED) is 0.193. The van der Waals surface area contributed by atoms with Crippen molar-refractivity contribution in [3.8, 4) is 12.3 Å². The molecule has 0 heterocycles. The number of benzene rings is 2. The second-order valence-corrected chi connectivity index (χ2v) is 14.1. The monoisotopic (exact) mass is 474 g/mol. The largest absolute Gasteiger partial charge is 0.616 e. The molecule has 168 valence electrons. The van der Waals surface area contributed by atoms with Gasteiger partial charge in [-0.05, 0) is 76.5 Å². The minimum Gasteiger partial charge on any atom is -0.616 e. The Hall–Kier alpha value is -1.03. The molecule has 3 atom stereocenters. The molecule has 1 N–H and O–H groups in total. The summed E-state index contributed by atoms with van der Waals surface area (Å²) in [4.78, 5) is 2.30. The summed E-state index contributed by atoms with van der Waals surface area (Å²) in [6.45, 7) is 11.8. The van der Waals surface area contributed by atoms with Crippen molar-refractivity contribution in [2.75, 3.05) is 0 Å². The molecular weight excluding hydrogens is 440 g/mol. The average Bonchev–Trinajstić information content (AvgIpc) is 2.73. The van der Waals surface area contributed by atoms with Gasteiger partial charge < -0.3 is 9.66 Å². The van der Waals surface area contributed by atoms with E-state index in [1.165, 1.54) is 11.1 Å². The summed E-state index contributed by atoms with van der Waals surface area (Å²) in [6.07, 6.45) is 6.67. The summed E-state index contributed by atoms with van der Waals surface area (Å²) in [6, 6.07) is 16.9. The summed E-state index contributed by atoms with van der Waals surface area (Å²) >= 11 is 2.17. The third kappa shape index (κ3) is 7.51. The molecule has 2 aromatic carbocycles. The number of hydrogen-bond acceptors (Lipinski definition) is 4. The highest BCUT2D eigenvalue weighted by Gasteiger charge is 2.47. The van der Waals surface area contributed by atoms with Gasteiger partial charge in [-0.3, -0.25) is 0 Å². The number of rotatable bonds is 9. The molecule has 0 spiro atoms. The van der Waals surface area contributed by atoms with Crippen molar-refractivity contribution in [1.29, 1.82) is 0 Å². The molecule has 0 aliphatic rings. The number of aryl methyl sites for hydroxylation is 2. The first-order valence-corrected chi connectivity index (χ1v) is 13.5. The van der Waals surface area contributed by atoms with Crippen molar-refractivity contribution >= 4 is 34.7 Å². The second-order valence-electron chi connectivity index (χ2n) is 8.85. The smallest absolute Gasteiger partial charge is 0.172 e. The normalized spacial score (nSPS) is 15.9. The highest BCUT2D eigenvalue weighted by Crippen LogP contribution is 2.43.